The molecule has 1 aliphatic rings. The van der Waals surface area contributed by atoms with E-state index in [4.69, 9.17) is 4.74 Å². The molecule has 0 bridgehead atoms. The minimum Gasteiger partial charge on any atom is -0.377 e. The molecular formula is C15H30N2O2. The van der Waals surface area contributed by atoms with Gasteiger partial charge in [-0.2, -0.15) is 0 Å². The molecule has 3 atom stereocenters. The van der Waals surface area contributed by atoms with Gasteiger partial charge in [-0.25, -0.2) is 0 Å². The highest BCUT2D eigenvalue weighted by atomic mass is 16.5. The Morgan fingerprint density at radius 2 is 2.00 bits per heavy atom. The molecule has 1 fully saturated rings. The summed E-state index contributed by atoms with van der Waals surface area (Å²) in [6.45, 7) is 13.8. The van der Waals surface area contributed by atoms with Gasteiger partial charge in [0.05, 0.1) is 17.8 Å². The second-order valence-electron chi connectivity index (χ2n) is 6.20. The summed E-state index contributed by atoms with van der Waals surface area (Å²) in [6, 6.07) is 0. The minimum atomic E-state index is -0.411. The molecule has 112 valence electrons. The average Bonchev–Trinajstić information content (AvgIpc) is 2.54. The van der Waals surface area contributed by atoms with Gasteiger partial charge in [-0.05, 0) is 39.5 Å². The first kappa shape index (κ1) is 16.4. The van der Waals surface area contributed by atoms with Crippen molar-refractivity contribution in [1.29, 1.82) is 0 Å². The summed E-state index contributed by atoms with van der Waals surface area (Å²) in [6.07, 6.45) is 2.03. The van der Waals surface area contributed by atoms with E-state index in [2.05, 4.69) is 26.1 Å². The smallest absolute Gasteiger partial charge is 0.243 e. The topological polar surface area (TPSA) is 41.6 Å². The second kappa shape index (κ2) is 6.71. The second-order valence-corrected chi connectivity index (χ2v) is 6.20. The van der Waals surface area contributed by atoms with Crippen molar-refractivity contribution in [3.8, 4) is 0 Å². The Morgan fingerprint density at radius 3 is 2.47 bits per heavy atom. The zero-order valence-electron chi connectivity index (χ0n) is 13.3. The van der Waals surface area contributed by atoms with Crippen LogP contribution in [0, 0.1) is 5.92 Å². The molecule has 1 rings (SSSR count). The van der Waals surface area contributed by atoms with E-state index in [9.17, 15) is 4.79 Å². The highest BCUT2D eigenvalue weighted by molar-refractivity contribution is 5.88. The Kier molecular flexibility index (Phi) is 5.81. The summed E-state index contributed by atoms with van der Waals surface area (Å²) in [5, 5.41) is 3.52. The van der Waals surface area contributed by atoms with Crippen molar-refractivity contribution in [3.05, 3.63) is 0 Å². The molecular weight excluding hydrogens is 240 g/mol. The molecule has 1 aliphatic heterocycles. The lowest BCUT2D eigenvalue weighted by molar-refractivity contribution is -0.134. The number of nitrogens with zero attached hydrogens (tertiary/aromatic N) is 1. The largest absolute Gasteiger partial charge is 0.377 e. The van der Waals surface area contributed by atoms with Gasteiger partial charge in [0, 0.05) is 13.2 Å². The first-order valence-electron chi connectivity index (χ1n) is 7.54. The van der Waals surface area contributed by atoms with Gasteiger partial charge in [0.15, 0.2) is 0 Å². The van der Waals surface area contributed by atoms with Crippen molar-refractivity contribution in [3.63, 3.8) is 0 Å². The molecule has 4 nitrogen and oxygen atoms in total. The van der Waals surface area contributed by atoms with Gasteiger partial charge in [-0.1, -0.05) is 20.8 Å². The standard InChI is InChI=1S/C15H30N2O2/c1-7-15(6)14(18)17(10-12(5)19-8-2)13(16-15)9-11(3)4/h11-13,16H,7-10H2,1-6H3. The molecule has 0 aromatic carbocycles. The zero-order valence-corrected chi connectivity index (χ0v) is 13.3. The van der Waals surface area contributed by atoms with E-state index in [1.807, 2.05) is 25.7 Å². The Labute approximate surface area is 117 Å². The molecule has 19 heavy (non-hydrogen) atoms. The molecule has 1 amide bonds. The van der Waals surface area contributed by atoms with Gasteiger partial charge in [0.25, 0.3) is 0 Å². The fourth-order valence-electron chi connectivity index (χ4n) is 2.68. The van der Waals surface area contributed by atoms with Crippen molar-refractivity contribution < 1.29 is 9.53 Å². The van der Waals surface area contributed by atoms with E-state index in [1.54, 1.807) is 0 Å². The van der Waals surface area contributed by atoms with Crippen molar-refractivity contribution >= 4 is 5.91 Å². The molecule has 1 N–H and O–H groups in total. The summed E-state index contributed by atoms with van der Waals surface area (Å²) in [4.78, 5) is 14.6. The highest BCUT2D eigenvalue weighted by Crippen LogP contribution is 2.27. The molecule has 1 saturated heterocycles. The van der Waals surface area contributed by atoms with Crippen LogP contribution in [0.25, 0.3) is 0 Å². The van der Waals surface area contributed by atoms with E-state index in [0.29, 0.717) is 19.1 Å². The zero-order chi connectivity index (χ0) is 14.6. The third kappa shape index (κ3) is 3.93. The van der Waals surface area contributed by atoms with Crippen molar-refractivity contribution in [1.82, 2.24) is 10.2 Å². The van der Waals surface area contributed by atoms with Crippen LogP contribution in [-0.2, 0) is 9.53 Å². The molecule has 4 heteroatoms. The molecule has 0 radical (unpaired) electrons. The molecule has 0 aromatic heterocycles. The van der Waals surface area contributed by atoms with Crippen molar-refractivity contribution in [2.45, 2.75) is 72.2 Å². The average molecular weight is 270 g/mol. The van der Waals surface area contributed by atoms with Crippen LogP contribution in [-0.4, -0.2) is 41.8 Å². The van der Waals surface area contributed by atoms with Crippen LogP contribution in [0.15, 0.2) is 0 Å². The summed E-state index contributed by atoms with van der Waals surface area (Å²) >= 11 is 0. The minimum absolute atomic E-state index is 0.0876. The summed E-state index contributed by atoms with van der Waals surface area (Å²) in [5.41, 5.74) is -0.411. The van der Waals surface area contributed by atoms with Crippen LogP contribution in [0.5, 0.6) is 0 Å². The first-order chi connectivity index (χ1) is 8.84. The van der Waals surface area contributed by atoms with Gasteiger partial charge in [0.2, 0.25) is 5.91 Å². The maximum absolute atomic E-state index is 12.6. The van der Waals surface area contributed by atoms with E-state index >= 15 is 0 Å². The van der Waals surface area contributed by atoms with Gasteiger partial charge in [-0.15, -0.1) is 0 Å². The summed E-state index contributed by atoms with van der Waals surface area (Å²) in [5.74, 6) is 0.779. The highest BCUT2D eigenvalue weighted by Gasteiger charge is 2.46. The van der Waals surface area contributed by atoms with E-state index < -0.39 is 5.54 Å². The fraction of sp³-hybridized carbons (Fsp3) is 0.933. The Hall–Kier alpha value is -0.610. The van der Waals surface area contributed by atoms with Crippen LogP contribution in [0.1, 0.15) is 54.4 Å². The van der Waals surface area contributed by atoms with Crippen LogP contribution in [0.4, 0.5) is 0 Å². The monoisotopic (exact) mass is 270 g/mol. The number of carbonyl (C=O) groups excluding carboxylic acids is 1. The number of ether oxygens (including phenoxy) is 1. The summed E-state index contributed by atoms with van der Waals surface area (Å²) in [7, 11) is 0. The van der Waals surface area contributed by atoms with Crippen molar-refractivity contribution in [2.75, 3.05) is 13.2 Å². The number of hydrogen-bond donors (Lipinski definition) is 1. The fourth-order valence-corrected chi connectivity index (χ4v) is 2.68. The first-order valence-corrected chi connectivity index (χ1v) is 7.54. The van der Waals surface area contributed by atoms with Crippen LogP contribution in [0.3, 0.4) is 0 Å². The number of nitrogens with one attached hydrogen (secondary N) is 1. The van der Waals surface area contributed by atoms with Gasteiger partial charge in [-0.3, -0.25) is 10.1 Å². The van der Waals surface area contributed by atoms with Crippen LogP contribution < -0.4 is 5.32 Å². The van der Waals surface area contributed by atoms with Crippen molar-refractivity contribution in [2.24, 2.45) is 5.92 Å². The molecule has 0 aromatic rings. The molecule has 3 unspecified atom stereocenters. The van der Waals surface area contributed by atoms with E-state index in [1.165, 1.54) is 0 Å². The third-order valence-electron chi connectivity index (χ3n) is 3.90. The number of hydrogen-bond acceptors (Lipinski definition) is 3. The SMILES string of the molecule is CCOC(C)CN1C(=O)C(C)(CC)NC1CC(C)C. The molecule has 0 aliphatic carbocycles. The number of carbonyl (C=O) groups is 1. The lowest BCUT2D eigenvalue weighted by Crippen LogP contribution is -2.44. The maximum Gasteiger partial charge on any atom is 0.243 e. The number of amides is 1. The van der Waals surface area contributed by atoms with Crippen LogP contribution in [0.2, 0.25) is 0 Å². The van der Waals surface area contributed by atoms with Crippen LogP contribution >= 0.6 is 0 Å². The summed E-state index contributed by atoms with van der Waals surface area (Å²) < 4.78 is 5.59. The van der Waals surface area contributed by atoms with E-state index in [0.717, 1.165) is 12.8 Å². The van der Waals surface area contributed by atoms with E-state index in [-0.39, 0.29) is 18.2 Å². The normalized spacial score (nSPS) is 29.3. The predicted molar refractivity (Wildman–Crippen MR) is 77.9 cm³/mol. The third-order valence-corrected chi connectivity index (χ3v) is 3.90. The van der Waals surface area contributed by atoms with Gasteiger partial charge in [0.1, 0.15) is 0 Å². The quantitative estimate of drug-likeness (QED) is 0.772. The molecule has 1 heterocycles. The molecule has 0 saturated carbocycles. The number of rotatable bonds is 7. The van der Waals surface area contributed by atoms with Gasteiger partial charge < -0.3 is 9.64 Å². The lowest BCUT2D eigenvalue weighted by Gasteiger charge is -2.28. The Bertz CT molecular complexity index is 307. The molecule has 0 spiro atoms. The maximum atomic E-state index is 12.6. The Balaban J connectivity index is 2.79. The predicted octanol–water partition coefficient (Wildman–Crippen LogP) is 2.38. The lowest BCUT2D eigenvalue weighted by atomic mass is 9.99. The Morgan fingerprint density at radius 1 is 1.37 bits per heavy atom. The van der Waals surface area contributed by atoms with Gasteiger partial charge >= 0.3 is 0 Å².